The third kappa shape index (κ3) is 4.59. The zero-order valence-electron chi connectivity index (χ0n) is 16.7. The Balaban J connectivity index is 1.70. The minimum absolute atomic E-state index is 0.0893. The minimum Gasteiger partial charge on any atom is -0.321 e. The number of nitrogens with one attached hydrogen (secondary N) is 1. The molecule has 0 unspecified atom stereocenters. The molecule has 164 valence electrons. The van der Waals surface area contributed by atoms with E-state index in [9.17, 15) is 17.6 Å². The van der Waals surface area contributed by atoms with Gasteiger partial charge in [-0.25, -0.2) is 8.70 Å². The Morgan fingerprint density at radius 1 is 1.16 bits per heavy atom. The normalized spacial score (nSPS) is 15.2. The molecular formula is C22H17ClFN3O3S2. The monoisotopic (exact) mass is 489 g/mol. The fourth-order valence-corrected chi connectivity index (χ4v) is 5.09. The molecule has 1 N–H and O–H groups in total. The second kappa shape index (κ2) is 8.85. The van der Waals surface area contributed by atoms with Crippen LogP contribution >= 0.6 is 22.9 Å². The van der Waals surface area contributed by atoms with Gasteiger partial charge < -0.3 is 5.32 Å². The van der Waals surface area contributed by atoms with E-state index in [1.165, 1.54) is 36.7 Å². The molecule has 10 heteroatoms. The Bertz CT molecular complexity index is 1350. The van der Waals surface area contributed by atoms with Crippen molar-refractivity contribution < 1.29 is 17.6 Å². The summed E-state index contributed by atoms with van der Waals surface area (Å²) in [5.41, 5.74) is 2.68. The van der Waals surface area contributed by atoms with Gasteiger partial charge in [0.25, 0.3) is 5.91 Å². The van der Waals surface area contributed by atoms with Crippen LogP contribution in [0, 0.1) is 5.82 Å². The zero-order chi connectivity index (χ0) is 22.9. The van der Waals surface area contributed by atoms with Crippen LogP contribution in [-0.2, 0) is 21.4 Å². The first-order valence-corrected chi connectivity index (χ1v) is 12.1. The highest BCUT2D eigenvalue weighted by Gasteiger charge is 2.32. The van der Waals surface area contributed by atoms with Crippen molar-refractivity contribution >= 4 is 56.5 Å². The Labute approximate surface area is 193 Å². The van der Waals surface area contributed by atoms with Crippen molar-refractivity contribution in [2.24, 2.45) is 4.40 Å². The molecule has 0 aliphatic carbocycles. The molecule has 1 aromatic heterocycles. The van der Waals surface area contributed by atoms with Crippen LogP contribution in [0.4, 0.5) is 10.1 Å². The first kappa shape index (κ1) is 22.2. The number of carbonyl (C=O) groups is 1. The third-order valence-corrected chi connectivity index (χ3v) is 7.34. The second-order valence-corrected chi connectivity index (χ2v) is 9.98. The van der Waals surface area contributed by atoms with Crippen LogP contribution in [-0.4, -0.2) is 31.9 Å². The Morgan fingerprint density at radius 3 is 2.62 bits per heavy atom. The van der Waals surface area contributed by atoms with Gasteiger partial charge in [0.15, 0.2) is 0 Å². The number of anilines is 1. The van der Waals surface area contributed by atoms with Crippen LogP contribution in [0.2, 0.25) is 5.02 Å². The summed E-state index contributed by atoms with van der Waals surface area (Å²) < 4.78 is 42.5. The maximum Gasteiger partial charge on any atom is 0.344 e. The molecule has 0 spiro atoms. The van der Waals surface area contributed by atoms with E-state index in [1.807, 2.05) is 41.8 Å². The van der Waals surface area contributed by atoms with E-state index in [4.69, 9.17) is 11.6 Å². The first-order chi connectivity index (χ1) is 15.2. The number of benzene rings is 2. The van der Waals surface area contributed by atoms with Crippen LogP contribution in [0.1, 0.15) is 16.0 Å². The topological polar surface area (TPSA) is 78.8 Å². The molecular weight excluding hydrogens is 473 g/mol. The highest BCUT2D eigenvalue weighted by Crippen LogP contribution is 2.32. The van der Waals surface area contributed by atoms with Crippen molar-refractivity contribution in [3.63, 3.8) is 0 Å². The summed E-state index contributed by atoms with van der Waals surface area (Å²) >= 11 is 7.17. The fourth-order valence-electron chi connectivity index (χ4n) is 3.19. The van der Waals surface area contributed by atoms with E-state index in [0.717, 1.165) is 21.5 Å². The van der Waals surface area contributed by atoms with Crippen LogP contribution in [0.15, 0.2) is 70.1 Å². The van der Waals surface area contributed by atoms with Gasteiger partial charge in [0.1, 0.15) is 11.5 Å². The van der Waals surface area contributed by atoms with Gasteiger partial charge >= 0.3 is 10.2 Å². The quantitative estimate of drug-likeness (QED) is 0.562. The fraction of sp³-hybridized carbons (Fsp3) is 0.0909. The van der Waals surface area contributed by atoms with Crippen LogP contribution in [0.3, 0.4) is 0 Å². The lowest BCUT2D eigenvalue weighted by Crippen LogP contribution is -2.35. The number of carbonyl (C=O) groups excluding carboxylic acids is 1. The van der Waals surface area contributed by atoms with E-state index >= 15 is 0 Å². The average molecular weight is 490 g/mol. The summed E-state index contributed by atoms with van der Waals surface area (Å²) in [7, 11) is -2.78. The molecule has 0 bridgehead atoms. The molecule has 3 aromatic rings. The summed E-state index contributed by atoms with van der Waals surface area (Å²) in [5.74, 6) is -1.31. The van der Waals surface area contributed by atoms with Gasteiger partial charge in [-0.2, -0.15) is 12.8 Å². The van der Waals surface area contributed by atoms with Gasteiger partial charge in [0.2, 0.25) is 0 Å². The molecule has 0 fully saturated rings. The first-order valence-electron chi connectivity index (χ1n) is 9.41. The van der Waals surface area contributed by atoms with Gasteiger partial charge in [-0.3, -0.25) is 4.79 Å². The summed E-state index contributed by atoms with van der Waals surface area (Å²) in [5, 5.41) is 4.38. The number of nitrogens with zero attached hydrogens (tertiary/aromatic N) is 2. The Kier molecular flexibility index (Phi) is 6.14. The van der Waals surface area contributed by atoms with E-state index in [1.54, 1.807) is 0 Å². The molecule has 2 aromatic carbocycles. The van der Waals surface area contributed by atoms with E-state index < -0.39 is 21.9 Å². The van der Waals surface area contributed by atoms with Gasteiger partial charge in [-0.15, -0.1) is 11.3 Å². The summed E-state index contributed by atoms with van der Waals surface area (Å²) in [4.78, 5) is 13.8. The summed E-state index contributed by atoms with van der Waals surface area (Å²) in [6, 6.07) is 15.5. The van der Waals surface area contributed by atoms with Crippen LogP contribution in [0.25, 0.3) is 5.57 Å². The molecule has 6 nitrogen and oxygen atoms in total. The van der Waals surface area contributed by atoms with E-state index in [-0.39, 0.29) is 16.4 Å². The smallest absolute Gasteiger partial charge is 0.321 e. The highest BCUT2D eigenvalue weighted by molar-refractivity contribution is 7.88. The predicted octanol–water partition coefficient (Wildman–Crippen LogP) is 4.74. The molecule has 0 radical (unpaired) electrons. The molecule has 2 heterocycles. The minimum atomic E-state index is -4.04. The molecule has 0 atom stereocenters. The number of hydrogen-bond donors (Lipinski definition) is 1. The lowest BCUT2D eigenvalue weighted by molar-refractivity contribution is -0.113. The summed E-state index contributed by atoms with van der Waals surface area (Å²) in [6.07, 6.45) is 1.88. The maximum atomic E-state index is 13.4. The van der Waals surface area contributed by atoms with E-state index in [0.29, 0.717) is 16.9 Å². The highest BCUT2D eigenvalue weighted by atomic mass is 35.5. The van der Waals surface area contributed by atoms with Crippen molar-refractivity contribution in [2.45, 2.75) is 6.42 Å². The number of hydrogen-bond acceptors (Lipinski definition) is 4. The maximum absolute atomic E-state index is 13.4. The second-order valence-electron chi connectivity index (χ2n) is 7.01. The standard InChI is InChI=1S/C22H17ClFN3O3S2/c1-27-21(22(28)26-16-7-8-19(24)18(23)11-16)17(12-25-32(27,29)30)20-10-15(13-31-20)9-14-5-3-2-4-6-14/h2-8,10-13H,9H2,1H3,(H,26,28). The number of rotatable bonds is 5. The number of halogens is 2. The van der Waals surface area contributed by atoms with Crippen molar-refractivity contribution in [2.75, 3.05) is 12.4 Å². The number of thiophene rings is 1. The number of amides is 1. The molecule has 1 aliphatic rings. The molecule has 4 rings (SSSR count). The van der Waals surface area contributed by atoms with Gasteiger partial charge in [0, 0.05) is 23.2 Å². The number of likely N-dealkylation sites (N-methyl/N-ethyl adjacent to an activating group) is 1. The largest absolute Gasteiger partial charge is 0.344 e. The van der Waals surface area contributed by atoms with Crippen molar-refractivity contribution in [3.8, 4) is 0 Å². The van der Waals surface area contributed by atoms with Gasteiger partial charge in [0.05, 0.1) is 11.2 Å². The molecule has 1 amide bonds. The molecule has 0 saturated heterocycles. The van der Waals surface area contributed by atoms with Crippen molar-refractivity contribution in [1.82, 2.24) is 4.31 Å². The Hall–Kier alpha value is -3.01. The number of allylic oxidation sites excluding steroid dienone is 1. The van der Waals surface area contributed by atoms with Gasteiger partial charge in [-0.05, 0) is 47.2 Å². The SMILES string of the molecule is CN1C(C(=O)Nc2ccc(F)c(Cl)c2)=C(c2cc(Cc3ccccc3)cs2)C=NS1(=O)=O. The lowest BCUT2D eigenvalue weighted by atomic mass is 10.1. The molecule has 1 aliphatic heterocycles. The zero-order valence-corrected chi connectivity index (χ0v) is 19.1. The van der Waals surface area contributed by atoms with E-state index in [2.05, 4.69) is 9.71 Å². The average Bonchev–Trinajstić information content (AvgIpc) is 3.21. The van der Waals surface area contributed by atoms with Crippen LogP contribution in [0.5, 0.6) is 0 Å². The van der Waals surface area contributed by atoms with Crippen molar-refractivity contribution in [1.29, 1.82) is 0 Å². The molecule has 0 saturated carbocycles. The summed E-state index contributed by atoms with van der Waals surface area (Å²) in [6.45, 7) is 0. The Morgan fingerprint density at radius 2 is 1.91 bits per heavy atom. The van der Waals surface area contributed by atoms with Gasteiger partial charge in [-0.1, -0.05) is 41.9 Å². The predicted molar refractivity (Wildman–Crippen MR) is 126 cm³/mol. The lowest BCUT2D eigenvalue weighted by Gasteiger charge is -2.24. The third-order valence-electron chi connectivity index (χ3n) is 4.79. The molecule has 32 heavy (non-hydrogen) atoms. The van der Waals surface area contributed by atoms with Crippen molar-refractivity contribution in [3.05, 3.63) is 92.5 Å². The van der Waals surface area contributed by atoms with Crippen LogP contribution < -0.4 is 5.32 Å².